The van der Waals surface area contributed by atoms with E-state index in [4.69, 9.17) is 37.4 Å². The van der Waals surface area contributed by atoms with Gasteiger partial charge < -0.3 is 14.2 Å². The Labute approximate surface area is 224 Å². The zero-order valence-electron chi connectivity index (χ0n) is 21.2. The summed E-state index contributed by atoms with van der Waals surface area (Å²) in [7, 11) is -1.25. The molecule has 0 radical (unpaired) electrons. The van der Waals surface area contributed by atoms with Gasteiger partial charge in [-0.05, 0) is 60.9 Å². The van der Waals surface area contributed by atoms with E-state index in [0.717, 1.165) is 28.3 Å². The molecule has 0 N–H and O–H groups in total. The third-order valence-electron chi connectivity index (χ3n) is 5.38. The van der Waals surface area contributed by atoms with E-state index in [1.54, 1.807) is 24.4 Å². The van der Waals surface area contributed by atoms with Gasteiger partial charge in [0.25, 0.3) is 0 Å². The molecule has 5 nitrogen and oxygen atoms in total. The van der Waals surface area contributed by atoms with Crippen molar-refractivity contribution in [1.82, 2.24) is 4.98 Å². The first kappa shape index (κ1) is 27.8. The average molecular weight is 545 g/mol. The molecule has 0 unspecified atom stereocenters. The van der Waals surface area contributed by atoms with Crippen LogP contribution in [0.2, 0.25) is 35.7 Å². The highest BCUT2D eigenvalue weighted by Gasteiger charge is 2.15. The normalized spacial score (nSPS) is 11.8. The van der Waals surface area contributed by atoms with E-state index < -0.39 is 8.07 Å². The van der Waals surface area contributed by atoms with Crippen molar-refractivity contribution in [3.8, 4) is 17.4 Å². The van der Waals surface area contributed by atoms with Crippen LogP contribution in [0.15, 0.2) is 60.8 Å². The number of ether oxygens (including phenoxy) is 3. The van der Waals surface area contributed by atoms with Gasteiger partial charge in [0.15, 0.2) is 5.75 Å². The highest BCUT2D eigenvalue weighted by Crippen LogP contribution is 2.35. The van der Waals surface area contributed by atoms with Gasteiger partial charge in [-0.25, -0.2) is 9.78 Å². The number of pyridine rings is 1. The lowest BCUT2D eigenvalue weighted by atomic mass is 10.0. The van der Waals surface area contributed by atoms with Gasteiger partial charge in [-0.3, -0.25) is 0 Å². The van der Waals surface area contributed by atoms with Gasteiger partial charge in [0.05, 0.1) is 17.8 Å². The molecule has 0 saturated carbocycles. The molecule has 3 rings (SSSR count). The molecule has 2 aromatic carbocycles. The van der Waals surface area contributed by atoms with Gasteiger partial charge >= 0.3 is 5.97 Å². The summed E-state index contributed by atoms with van der Waals surface area (Å²) < 4.78 is 17.1. The first-order valence-electron chi connectivity index (χ1n) is 11.7. The summed E-state index contributed by atoms with van der Waals surface area (Å²) in [6.45, 7) is 11.3. The molecule has 0 aliphatic carbocycles. The van der Waals surface area contributed by atoms with Crippen LogP contribution in [0.5, 0.6) is 17.4 Å². The van der Waals surface area contributed by atoms with Crippen LogP contribution in [0.1, 0.15) is 23.6 Å². The van der Waals surface area contributed by atoms with Gasteiger partial charge in [0, 0.05) is 30.8 Å². The molecule has 190 valence electrons. The molecule has 36 heavy (non-hydrogen) atoms. The summed E-state index contributed by atoms with van der Waals surface area (Å²) in [5.74, 6) is 1.14. The van der Waals surface area contributed by atoms with Crippen molar-refractivity contribution >= 4 is 42.8 Å². The Morgan fingerprint density at radius 1 is 1.06 bits per heavy atom. The van der Waals surface area contributed by atoms with Crippen molar-refractivity contribution in [3.05, 3.63) is 87.5 Å². The van der Waals surface area contributed by atoms with Gasteiger partial charge in [0.2, 0.25) is 5.88 Å². The lowest BCUT2D eigenvalue weighted by Crippen LogP contribution is -2.22. The third-order valence-corrected chi connectivity index (χ3v) is 7.74. The standard InChI is InChI=1S/C28H31Cl2NO4Si/c1-19(15-27(32)33-12-13-36(3,4)5)22-14-20(2)28(25(30)16-22)35-26-11-10-23(17-31-26)34-18-21-8-6-7-9-24(21)29/h6-11,14-17H,12-13,18H2,1-5H3/b19-15+. The van der Waals surface area contributed by atoms with E-state index in [2.05, 4.69) is 24.6 Å². The van der Waals surface area contributed by atoms with Crippen LogP contribution in [-0.4, -0.2) is 25.6 Å². The number of allylic oxidation sites excluding steroid dienone is 1. The third kappa shape index (κ3) is 8.40. The van der Waals surface area contributed by atoms with Gasteiger partial charge in [-0.1, -0.05) is 61.0 Å². The Hall–Kier alpha value is -2.80. The maximum Gasteiger partial charge on any atom is 0.331 e. The highest BCUT2D eigenvalue weighted by atomic mass is 35.5. The maximum atomic E-state index is 12.2. The zero-order chi connectivity index (χ0) is 26.3. The molecular formula is C28H31Cl2NO4Si. The van der Waals surface area contributed by atoms with Crippen LogP contribution in [-0.2, 0) is 16.1 Å². The summed E-state index contributed by atoms with van der Waals surface area (Å²) in [5.41, 5.74) is 3.30. The number of hydrogen-bond acceptors (Lipinski definition) is 5. The summed E-state index contributed by atoms with van der Waals surface area (Å²) >= 11 is 12.7. The number of rotatable bonds is 10. The second kappa shape index (κ2) is 12.4. The Kier molecular flexibility index (Phi) is 9.60. The van der Waals surface area contributed by atoms with E-state index in [0.29, 0.717) is 40.6 Å². The van der Waals surface area contributed by atoms with Crippen LogP contribution in [0, 0.1) is 6.92 Å². The van der Waals surface area contributed by atoms with E-state index in [1.807, 2.05) is 44.2 Å². The smallest absolute Gasteiger partial charge is 0.331 e. The molecule has 0 saturated heterocycles. The molecule has 1 aromatic heterocycles. The molecular weight excluding hydrogens is 513 g/mol. The molecule has 8 heteroatoms. The van der Waals surface area contributed by atoms with Crippen LogP contribution in [0.3, 0.4) is 0 Å². The first-order valence-corrected chi connectivity index (χ1v) is 16.1. The van der Waals surface area contributed by atoms with Gasteiger partial charge in [0.1, 0.15) is 12.4 Å². The van der Waals surface area contributed by atoms with Gasteiger partial charge in [-0.15, -0.1) is 0 Å². The van der Waals surface area contributed by atoms with E-state index in [1.165, 1.54) is 6.08 Å². The number of carbonyl (C=O) groups is 1. The molecule has 0 amide bonds. The van der Waals surface area contributed by atoms with E-state index in [-0.39, 0.29) is 5.97 Å². The van der Waals surface area contributed by atoms with E-state index in [9.17, 15) is 4.79 Å². The van der Waals surface area contributed by atoms with Crippen LogP contribution in [0.4, 0.5) is 0 Å². The zero-order valence-corrected chi connectivity index (χ0v) is 23.7. The number of carbonyl (C=O) groups excluding carboxylic acids is 1. The van der Waals surface area contributed by atoms with Crippen molar-refractivity contribution in [2.45, 2.75) is 46.1 Å². The minimum atomic E-state index is -1.25. The lowest BCUT2D eigenvalue weighted by Gasteiger charge is -2.15. The molecule has 0 atom stereocenters. The number of benzene rings is 2. The van der Waals surface area contributed by atoms with Crippen LogP contribution in [0.25, 0.3) is 5.57 Å². The Morgan fingerprint density at radius 2 is 1.81 bits per heavy atom. The Morgan fingerprint density at radius 3 is 2.44 bits per heavy atom. The quantitative estimate of drug-likeness (QED) is 0.146. The Balaban J connectivity index is 1.63. The fourth-order valence-electron chi connectivity index (χ4n) is 3.24. The van der Waals surface area contributed by atoms with Crippen molar-refractivity contribution in [3.63, 3.8) is 0 Å². The Bertz CT molecular complexity index is 1210. The second-order valence-corrected chi connectivity index (χ2v) is 16.2. The predicted octanol–water partition coefficient (Wildman–Crippen LogP) is 8.35. The lowest BCUT2D eigenvalue weighted by molar-refractivity contribution is -0.137. The topological polar surface area (TPSA) is 57.7 Å². The first-order chi connectivity index (χ1) is 17.0. The van der Waals surface area contributed by atoms with Crippen LogP contribution >= 0.6 is 23.2 Å². The predicted molar refractivity (Wildman–Crippen MR) is 149 cm³/mol. The fraction of sp³-hybridized carbons (Fsp3) is 0.286. The summed E-state index contributed by atoms with van der Waals surface area (Å²) in [5, 5.41) is 1.08. The largest absolute Gasteiger partial charge is 0.487 e. The highest BCUT2D eigenvalue weighted by molar-refractivity contribution is 6.76. The number of nitrogens with zero attached hydrogens (tertiary/aromatic N) is 1. The average Bonchev–Trinajstić information content (AvgIpc) is 2.80. The fourth-order valence-corrected chi connectivity index (χ4v) is 4.45. The summed E-state index contributed by atoms with van der Waals surface area (Å²) in [4.78, 5) is 16.5. The number of esters is 1. The monoisotopic (exact) mass is 543 g/mol. The van der Waals surface area contributed by atoms with Gasteiger partial charge in [-0.2, -0.15) is 0 Å². The maximum absolute atomic E-state index is 12.2. The molecule has 0 aliphatic rings. The molecule has 0 bridgehead atoms. The molecule has 0 aliphatic heterocycles. The molecule has 0 fully saturated rings. The molecule has 0 spiro atoms. The van der Waals surface area contributed by atoms with Crippen molar-refractivity contribution in [2.24, 2.45) is 0 Å². The number of aryl methyl sites for hydroxylation is 1. The van der Waals surface area contributed by atoms with E-state index >= 15 is 0 Å². The minimum absolute atomic E-state index is 0.340. The summed E-state index contributed by atoms with van der Waals surface area (Å²) in [6, 6.07) is 15.6. The van der Waals surface area contributed by atoms with Crippen molar-refractivity contribution in [2.75, 3.05) is 6.61 Å². The second-order valence-electron chi connectivity index (χ2n) is 9.72. The summed E-state index contributed by atoms with van der Waals surface area (Å²) in [6.07, 6.45) is 3.09. The van der Waals surface area contributed by atoms with Crippen LogP contribution < -0.4 is 9.47 Å². The van der Waals surface area contributed by atoms with Crippen molar-refractivity contribution < 1.29 is 19.0 Å². The minimum Gasteiger partial charge on any atom is -0.487 e. The number of halogens is 2. The number of hydrogen-bond donors (Lipinski definition) is 0. The molecule has 1 heterocycles. The number of aromatic nitrogens is 1. The SMILES string of the molecule is C/C(=C\C(=O)OCC[Si](C)(C)C)c1cc(C)c(Oc2ccc(OCc3ccccc3Cl)cn2)c(Cl)c1. The molecule has 3 aromatic rings. The van der Waals surface area contributed by atoms with Crippen molar-refractivity contribution in [1.29, 1.82) is 0 Å².